The number of thioether (sulfide) groups is 1. The third-order valence-corrected chi connectivity index (χ3v) is 3.95. The highest BCUT2D eigenvalue weighted by Crippen LogP contribution is 2.16. The number of benzene rings is 1. The Bertz CT molecular complexity index is 303. The molecular weight excluding hydrogens is 236 g/mol. The van der Waals surface area contributed by atoms with Crippen LogP contribution in [0.3, 0.4) is 0 Å². The zero-order chi connectivity index (χ0) is 12.9. The fraction of sp³-hybridized carbons (Fsp3) is 0.529. The van der Waals surface area contributed by atoms with E-state index >= 15 is 0 Å². The summed E-state index contributed by atoms with van der Waals surface area (Å²) in [4.78, 5) is 1.36. The van der Waals surface area contributed by atoms with Crippen molar-refractivity contribution in [2.24, 2.45) is 0 Å². The molecule has 100 valence electrons. The van der Waals surface area contributed by atoms with E-state index in [1.807, 2.05) is 11.8 Å². The number of rotatable bonds is 10. The Morgan fingerprint density at radius 3 is 2.39 bits per heavy atom. The van der Waals surface area contributed by atoms with Crippen LogP contribution in [0.4, 0.5) is 0 Å². The largest absolute Gasteiger partial charge is 0.122 e. The maximum absolute atomic E-state index is 2.34. The molecule has 1 rings (SSSR count). The molecule has 1 heteroatoms. The van der Waals surface area contributed by atoms with Crippen LogP contribution in [0.5, 0.6) is 0 Å². The lowest BCUT2D eigenvalue weighted by Gasteiger charge is -1.98. The summed E-state index contributed by atoms with van der Waals surface area (Å²) in [7, 11) is 0. The number of hydrogen-bond acceptors (Lipinski definition) is 1. The summed E-state index contributed by atoms with van der Waals surface area (Å²) in [6.07, 6.45) is 14.2. The fourth-order valence-electron chi connectivity index (χ4n) is 1.89. The monoisotopic (exact) mass is 262 g/mol. The number of unbranched alkanes of at least 4 members (excludes halogenated alkanes) is 6. The third kappa shape index (κ3) is 8.41. The van der Waals surface area contributed by atoms with Crippen molar-refractivity contribution in [3.63, 3.8) is 0 Å². The normalized spacial score (nSPS) is 11.2. The smallest absolute Gasteiger partial charge is 0.0160 e. The first-order chi connectivity index (χ1) is 8.93. The molecule has 18 heavy (non-hydrogen) atoms. The first-order valence-corrected chi connectivity index (χ1v) is 8.25. The van der Waals surface area contributed by atoms with Crippen LogP contribution in [0.15, 0.2) is 47.4 Å². The van der Waals surface area contributed by atoms with Crippen LogP contribution in [0.25, 0.3) is 0 Å². The predicted octanol–water partition coefficient (Wildman–Crippen LogP) is 6.09. The summed E-state index contributed by atoms with van der Waals surface area (Å²) in [6, 6.07) is 10.6. The van der Waals surface area contributed by atoms with E-state index in [0.29, 0.717) is 0 Å². The average Bonchev–Trinajstić information content (AvgIpc) is 2.42. The minimum absolute atomic E-state index is 1.10. The number of allylic oxidation sites excluding steroid dienone is 1. The van der Waals surface area contributed by atoms with E-state index in [2.05, 4.69) is 49.4 Å². The van der Waals surface area contributed by atoms with E-state index in [0.717, 1.165) is 5.75 Å². The van der Waals surface area contributed by atoms with Crippen LogP contribution in [-0.2, 0) is 0 Å². The summed E-state index contributed by atoms with van der Waals surface area (Å²) in [6.45, 7) is 2.27. The molecule has 0 aromatic heterocycles. The highest BCUT2D eigenvalue weighted by atomic mass is 32.2. The first-order valence-electron chi connectivity index (χ1n) is 7.26. The van der Waals surface area contributed by atoms with Gasteiger partial charge in [-0.1, -0.05) is 69.4 Å². The SMILES string of the molecule is CCCCCCCC/C=C/CSc1ccccc1. The summed E-state index contributed by atoms with van der Waals surface area (Å²) in [5, 5.41) is 0. The van der Waals surface area contributed by atoms with Crippen LogP contribution >= 0.6 is 11.8 Å². The molecule has 0 amide bonds. The van der Waals surface area contributed by atoms with Crippen molar-refractivity contribution in [3.8, 4) is 0 Å². The highest BCUT2D eigenvalue weighted by Gasteiger charge is 1.89. The van der Waals surface area contributed by atoms with Gasteiger partial charge in [0.25, 0.3) is 0 Å². The van der Waals surface area contributed by atoms with Crippen LogP contribution < -0.4 is 0 Å². The van der Waals surface area contributed by atoms with Gasteiger partial charge in [-0.3, -0.25) is 0 Å². The molecule has 0 fully saturated rings. The minimum Gasteiger partial charge on any atom is -0.122 e. The van der Waals surface area contributed by atoms with Gasteiger partial charge >= 0.3 is 0 Å². The molecule has 1 aromatic carbocycles. The van der Waals surface area contributed by atoms with Crippen LogP contribution in [0, 0.1) is 0 Å². The van der Waals surface area contributed by atoms with E-state index in [9.17, 15) is 0 Å². The molecule has 0 atom stereocenters. The van der Waals surface area contributed by atoms with Crippen LogP contribution in [-0.4, -0.2) is 5.75 Å². The molecule has 0 radical (unpaired) electrons. The molecule has 0 spiro atoms. The van der Waals surface area contributed by atoms with Gasteiger partial charge in [-0.25, -0.2) is 0 Å². The van der Waals surface area contributed by atoms with Crippen molar-refractivity contribution in [3.05, 3.63) is 42.5 Å². The summed E-state index contributed by atoms with van der Waals surface area (Å²) in [5.41, 5.74) is 0. The average molecular weight is 262 g/mol. The summed E-state index contributed by atoms with van der Waals surface area (Å²) >= 11 is 1.91. The zero-order valence-electron chi connectivity index (χ0n) is 11.6. The van der Waals surface area contributed by atoms with Gasteiger partial charge in [0.15, 0.2) is 0 Å². The van der Waals surface area contributed by atoms with Crippen molar-refractivity contribution < 1.29 is 0 Å². The molecule has 0 saturated carbocycles. The molecule has 0 bridgehead atoms. The van der Waals surface area contributed by atoms with Crippen molar-refractivity contribution in [1.29, 1.82) is 0 Å². The lowest BCUT2D eigenvalue weighted by Crippen LogP contribution is -1.78. The van der Waals surface area contributed by atoms with Crippen molar-refractivity contribution in [2.45, 2.75) is 56.8 Å². The van der Waals surface area contributed by atoms with Gasteiger partial charge in [0, 0.05) is 10.6 Å². The van der Waals surface area contributed by atoms with E-state index in [1.165, 1.54) is 49.8 Å². The predicted molar refractivity (Wildman–Crippen MR) is 84.3 cm³/mol. The molecule has 0 N–H and O–H groups in total. The summed E-state index contributed by atoms with van der Waals surface area (Å²) in [5.74, 6) is 1.10. The minimum atomic E-state index is 1.10. The Morgan fingerprint density at radius 1 is 0.889 bits per heavy atom. The van der Waals surface area contributed by atoms with E-state index in [4.69, 9.17) is 0 Å². The fourth-order valence-corrected chi connectivity index (χ4v) is 2.66. The quantitative estimate of drug-likeness (QED) is 0.279. The molecular formula is C17H26S. The zero-order valence-corrected chi connectivity index (χ0v) is 12.4. The Hall–Kier alpha value is -0.690. The molecule has 0 aliphatic rings. The second-order valence-electron chi connectivity index (χ2n) is 4.65. The van der Waals surface area contributed by atoms with Crippen LogP contribution in [0.1, 0.15) is 51.9 Å². The van der Waals surface area contributed by atoms with Crippen molar-refractivity contribution in [1.82, 2.24) is 0 Å². The Morgan fingerprint density at radius 2 is 1.61 bits per heavy atom. The van der Waals surface area contributed by atoms with Gasteiger partial charge in [0.1, 0.15) is 0 Å². The Balaban J connectivity index is 1.92. The second-order valence-corrected chi connectivity index (χ2v) is 5.75. The van der Waals surface area contributed by atoms with E-state index in [1.54, 1.807) is 0 Å². The molecule has 0 heterocycles. The molecule has 0 aliphatic heterocycles. The standard InChI is InChI=1S/C17H26S/c1-2-3-4-5-6-7-8-9-13-16-18-17-14-11-10-12-15-17/h9-15H,2-8,16H2,1H3/b13-9+. The van der Waals surface area contributed by atoms with Crippen molar-refractivity contribution >= 4 is 11.8 Å². The first kappa shape index (κ1) is 15.4. The topological polar surface area (TPSA) is 0 Å². The third-order valence-electron chi connectivity index (χ3n) is 2.98. The van der Waals surface area contributed by atoms with Gasteiger partial charge in [-0.05, 0) is 25.0 Å². The Labute approximate surface area is 117 Å². The maximum Gasteiger partial charge on any atom is 0.0160 e. The van der Waals surface area contributed by atoms with Crippen LogP contribution in [0.2, 0.25) is 0 Å². The lowest BCUT2D eigenvalue weighted by molar-refractivity contribution is 0.611. The van der Waals surface area contributed by atoms with Crippen molar-refractivity contribution in [2.75, 3.05) is 5.75 Å². The maximum atomic E-state index is 2.34. The lowest BCUT2D eigenvalue weighted by atomic mass is 10.1. The van der Waals surface area contributed by atoms with Gasteiger partial charge in [0.05, 0.1) is 0 Å². The van der Waals surface area contributed by atoms with Gasteiger partial charge < -0.3 is 0 Å². The molecule has 1 aromatic rings. The van der Waals surface area contributed by atoms with E-state index in [-0.39, 0.29) is 0 Å². The molecule has 0 saturated heterocycles. The van der Waals surface area contributed by atoms with Gasteiger partial charge in [0.2, 0.25) is 0 Å². The molecule has 0 unspecified atom stereocenters. The van der Waals surface area contributed by atoms with Gasteiger partial charge in [-0.15, -0.1) is 11.8 Å². The number of hydrogen-bond donors (Lipinski definition) is 0. The highest BCUT2D eigenvalue weighted by molar-refractivity contribution is 7.99. The van der Waals surface area contributed by atoms with E-state index < -0.39 is 0 Å². The summed E-state index contributed by atoms with van der Waals surface area (Å²) < 4.78 is 0. The van der Waals surface area contributed by atoms with Gasteiger partial charge in [-0.2, -0.15) is 0 Å². The Kier molecular flexibility index (Phi) is 9.74. The second kappa shape index (κ2) is 11.4. The molecule has 0 aliphatic carbocycles. The molecule has 0 nitrogen and oxygen atoms in total.